The monoisotopic (exact) mass is 422 g/mol. The van der Waals surface area contributed by atoms with E-state index < -0.39 is 10.5 Å². The topological polar surface area (TPSA) is 65.1 Å². The standard InChI is InChI=1S/C14H20Br2N2O3/c15-8-6-4-2-1-3-5-7-9-17-11-12(16)10-13(14(17)19)18(20)21/h10-11H,1-9H2. The van der Waals surface area contributed by atoms with Gasteiger partial charge in [-0.25, -0.2) is 0 Å². The number of aryl methyl sites for hydroxylation is 1. The molecule has 0 saturated heterocycles. The van der Waals surface area contributed by atoms with Crippen LogP contribution >= 0.6 is 31.9 Å². The van der Waals surface area contributed by atoms with Crippen molar-refractivity contribution in [2.75, 3.05) is 5.33 Å². The third-order valence-electron chi connectivity index (χ3n) is 3.26. The SMILES string of the molecule is O=c1c([N+](=O)[O-])cc(Br)cn1CCCCCCCCCBr. The number of hydrogen-bond donors (Lipinski definition) is 0. The summed E-state index contributed by atoms with van der Waals surface area (Å²) >= 11 is 6.62. The molecule has 0 aromatic carbocycles. The first kappa shape index (κ1) is 18.4. The molecule has 0 aliphatic carbocycles. The molecule has 1 heterocycles. The van der Waals surface area contributed by atoms with Gasteiger partial charge in [0.15, 0.2) is 0 Å². The van der Waals surface area contributed by atoms with Gasteiger partial charge in [-0.2, -0.15) is 0 Å². The van der Waals surface area contributed by atoms with E-state index in [4.69, 9.17) is 0 Å². The maximum atomic E-state index is 11.9. The van der Waals surface area contributed by atoms with Crippen molar-refractivity contribution in [2.45, 2.75) is 51.5 Å². The van der Waals surface area contributed by atoms with Crippen molar-refractivity contribution < 1.29 is 4.92 Å². The molecule has 1 aromatic heterocycles. The second kappa shape index (κ2) is 10.1. The third kappa shape index (κ3) is 6.74. The highest BCUT2D eigenvalue weighted by Crippen LogP contribution is 2.14. The van der Waals surface area contributed by atoms with Crippen molar-refractivity contribution in [1.29, 1.82) is 0 Å². The molecule has 1 rings (SSSR count). The Kier molecular flexibility index (Phi) is 8.84. The van der Waals surface area contributed by atoms with Crippen molar-refractivity contribution >= 4 is 37.5 Å². The first-order valence-electron chi connectivity index (χ1n) is 7.16. The summed E-state index contributed by atoms with van der Waals surface area (Å²) in [5.41, 5.74) is -0.903. The molecule has 0 saturated carbocycles. The van der Waals surface area contributed by atoms with Crippen LogP contribution in [0.15, 0.2) is 21.5 Å². The Morgan fingerprint density at radius 1 is 1.10 bits per heavy atom. The molecule has 0 unspecified atom stereocenters. The van der Waals surface area contributed by atoms with Crippen molar-refractivity contribution in [1.82, 2.24) is 4.57 Å². The van der Waals surface area contributed by atoms with Crippen molar-refractivity contribution in [2.24, 2.45) is 0 Å². The number of hydrogen-bond acceptors (Lipinski definition) is 3. The van der Waals surface area contributed by atoms with Gasteiger partial charge in [0.2, 0.25) is 0 Å². The summed E-state index contributed by atoms with van der Waals surface area (Å²) in [5.74, 6) is 0. The Morgan fingerprint density at radius 2 is 1.67 bits per heavy atom. The molecule has 0 amide bonds. The van der Waals surface area contributed by atoms with Gasteiger partial charge in [0.1, 0.15) is 0 Å². The molecular formula is C14H20Br2N2O3. The number of pyridine rings is 1. The molecule has 1 aromatic rings. The Bertz CT molecular complexity index is 517. The number of nitrogens with zero attached hydrogens (tertiary/aromatic N) is 2. The number of halogens is 2. The van der Waals surface area contributed by atoms with Gasteiger partial charge in [-0.15, -0.1) is 0 Å². The van der Waals surface area contributed by atoms with E-state index in [0.29, 0.717) is 11.0 Å². The van der Waals surface area contributed by atoms with Gasteiger partial charge < -0.3 is 4.57 Å². The molecule has 0 aliphatic rings. The Hall–Kier alpha value is -0.690. The zero-order valence-electron chi connectivity index (χ0n) is 11.9. The largest absolute Gasteiger partial charge is 0.335 e. The van der Waals surface area contributed by atoms with Gasteiger partial charge >= 0.3 is 11.2 Å². The summed E-state index contributed by atoms with van der Waals surface area (Å²) in [6, 6.07) is 1.25. The zero-order valence-corrected chi connectivity index (χ0v) is 15.1. The average molecular weight is 424 g/mol. The van der Waals surface area contributed by atoms with E-state index in [1.165, 1.54) is 36.3 Å². The minimum Gasteiger partial charge on any atom is -0.309 e. The predicted molar refractivity (Wildman–Crippen MR) is 91.2 cm³/mol. The zero-order chi connectivity index (χ0) is 15.7. The van der Waals surface area contributed by atoms with E-state index in [0.717, 1.165) is 24.6 Å². The van der Waals surface area contributed by atoms with Crippen LogP contribution in [0.4, 0.5) is 5.69 Å². The number of unbranched alkanes of at least 4 members (excludes halogenated alkanes) is 6. The normalized spacial score (nSPS) is 10.8. The van der Waals surface area contributed by atoms with Gasteiger partial charge in [-0.3, -0.25) is 14.9 Å². The molecule has 0 N–H and O–H groups in total. The van der Waals surface area contributed by atoms with Crippen molar-refractivity contribution in [3.05, 3.63) is 37.2 Å². The van der Waals surface area contributed by atoms with Crippen LogP contribution in [-0.2, 0) is 6.54 Å². The molecule has 0 spiro atoms. The summed E-state index contributed by atoms with van der Waals surface area (Å²) < 4.78 is 1.98. The van der Waals surface area contributed by atoms with E-state index in [2.05, 4.69) is 31.9 Å². The summed E-state index contributed by atoms with van der Waals surface area (Å²) in [5, 5.41) is 11.9. The van der Waals surface area contributed by atoms with Gasteiger partial charge in [-0.1, -0.05) is 48.0 Å². The first-order chi connectivity index (χ1) is 10.1. The van der Waals surface area contributed by atoms with Gasteiger partial charge in [0.05, 0.1) is 4.92 Å². The lowest BCUT2D eigenvalue weighted by Gasteiger charge is -2.06. The summed E-state index contributed by atoms with van der Waals surface area (Å²) in [4.78, 5) is 22.1. The highest BCUT2D eigenvalue weighted by molar-refractivity contribution is 9.10. The molecule has 0 aliphatic heterocycles. The number of rotatable bonds is 10. The van der Waals surface area contributed by atoms with E-state index in [9.17, 15) is 14.9 Å². The molecule has 0 atom stereocenters. The fourth-order valence-electron chi connectivity index (χ4n) is 2.14. The summed E-state index contributed by atoms with van der Waals surface area (Å²) in [6.45, 7) is 0.528. The number of nitro groups is 1. The van der Waals surface area contributed by atoms with Crippen LogP contribution in [0.25, 0.3) is 0 Å². The number of alkyl halides is 1. The molecule has 0 radical (unpaired) electrons. The van der Waals surface area contributed by atoms with Crippen LogP contribution in [0.5, 0.6) is 0 Å². The first-order valence-corrected chi connectivity index (χ1v) is 9.08. The molecule has 5 nitrogen and oxygen atoms in total. The van der Waals surface area contributed by atoms with Crippen LogP contribution in [0, 0.1) is 10.1 Å². The van der Waals surface area contributed by atoms with E-state index in [1.807, 2.05) is 0 Å². The average Bonchev–Trinajstić information content (AvgIpc) is 2.44. The highest BCUT2D eigenvalue weighted by Gasteiger charge is 2.15. The second-order valence-electron chi connectivity index (χ2n) is 4.96. The minimum atomic E-state index is -0.631. The lowest BCUT2D eigenvalue weighted by atomic mass is 10.1. The van der Waals surface area contributed by atoms with Gasteiger partial charge in [-0.05, 0) is 28.8 Å². The smallest absolute Gasteiger partial charge is 0.309 e. The maximum absolute atomic E-state index is 11.9. The van der Waals surface area contributed by atoms with Crippen LogP contribution in [0.2, 0.25) is 0 Å². The quantitative estimate of drug-likeness (QED) is 0.238. The van der Waals surface area contributed by atoms with Crippen molar-refractivity contribution in [3.8, 4) is 0 Å². The highest BCUT2D eigenvalue weighted by atomic mass is 79.9. The molecule has 21 heavy (non-hydrogen) atoms. The van der Waals surface area contributed by atoms with Crippen LogP contribution < -0.4 is 5.56 Å². The van der Waals surface area contributed by atoms with Crippen LogP contribution in [-0.4, -0.2) is 14.8 Å². The molecular weight excluding hydrogens is 404 g/mol. The van der Waals surface area contributed by atoms with Crippen molar-refractivity contribution in [3.63, 3.8) is 0 Å². The fraction of sp³-hybridized carbons (Fsp3) is 0.643. The molecule has 7 heteroatoms. The molecule has 0 fully saturated rings. The van der Waals surface area contributed by atoms with Crippen LogP contribution in [0.3, 0.4) is 0 Å². The Balaban J connectivity index is 2.39. The predicted octanol–water partition coefficient (Wildman–Crippen LogP) is 4.64. The lowest BCUT2D eigenvalue weighted by Crippen LogP contribution is -2.22. The minimum absolute atomic E-state index is 0.376. The summed E-state index contributed by atoms with van der Waals surface area (Å²) in [7, 11) is 0. The third-order valence-corrected chi connectivity index (χ3v) is 4.26. The molecule has 118 valence electrons. The number of aromatic nitrogens is 1. The second-order valence-corrected chi connectivity index (χ2v) is 6.67. The van der Waals surface area contributed by atoms with Gasteiger partial charge in [0.25, 0.3) is 0 Å². The van der Waals surface area contributed by atoms with E-state index >= 15 is 0 Å². The fourth-order valence-corrected chi connectivity index (χ4v) is 3.00. The van der Waals surface area contributed by atoms with E-state index in [-0.39, 0.29) is 5.69 Å². The maximum Gasteiger partial charge on any atom is 0.335 e. The Morgan fingerprint density at radius 3 is 2.24 bits per heavy atom. The Labute approximate surface area is 141 Å². The van der Waals surface area contributed by atoms with E-state index in [1.54, 1.807) is 6.20 Å². The molecule has 0 bridgehead atoms. The van der Waals surface area contributed by atoms with Gasteiger partial charge in [0, 0.05) is 28.6 Å². The van der Waals surface area contributed by atoms with Crippen LogP contribution in [0.1, 0.15) is 44.9 Å². The summed E-state index contributed by atoms with van der Waals surface area (Å²) in [6.07, 6.45) is 9.60. The lowest BCUT2D eigenvalue weighted by molar-refractivity contribution is -0.386.